The molecule has 0 aliphatic carbocycles. The van der Waals surface area contributed by atoms with Crippen LogP contribution in [0.25, 0.3) is 0 Å². The average Bonchev–Trinajstić information content (AvgIpc) is 2.58. The van der Waals surface area contributed by atoms with Gasteiger partial charge in [0.25, 0.3) is 0 Å². The first-order chi connectivity index (χ1) is 8.25. The number of hydrogen-bond donors (Lipinski definition) is 1. The fourth-order valence-corrected chi connectivity index (χ4v) is 5.22. The van der Waals surface area contributed by atoms with Crippen LogP contribution in [0.2, 0.25) is 14.8 Å². The maximum atomic E-state index is 12.1. The van der Waals surface area contributed by atoms with Crippen molar-refractivity contribution in [3.63, 3.8) is 0 Å². The van der Waals surface area contributed by atoms with Crippen LogP contribution in [0.3, 0.4) is 0 Å². The Hall–Kier alpha value is -0.621. The second-order valence-electron chi connectivity index (χ2n) is 6.02. The molecule has 2 rings (SSSR count). The van der Waals surface area contributed by atoms with Crippen LogP contribution in [0.15, 0.2) is 18.3 Å². The Morgan fingerprint density at radius 2 is 2.11 bits per heavy atom. The Kier molecular flexibility index (Phi) is 3.44. The van der Waals surface area contributed by atoms with E-state index in [4.69, 9.17) is 0 Å². The monoisotopic (exact) mass is 356 g/mol. The summed E-state index contributed by atoms with van der Waals surface area (Å²) in [5.74, 6) is -0.205. The van der Waals surface area contributed by atoms with E-state index in [-0.39, 0.29) is 5.91 Å². The van der Waals surface area contributed by atoms with E-state index < -0.39 is 24.0 Å². The number of hydrogen-bond acceptors (Lipinski definition) is 3. The van der Waals surface area contributed by atoms with Gasteiger partial charge in [-0.15, -0.1) is 0 Å². The zero-order chi connectivity index (χ0) is 13.6. The van der Waals surface area contributed by atoms with Gasteiger partial charge < -0.3 is 0 Å². The van der Waals surface area contributed by atoms with E-state index in [2.05, 4.69) is 19.8 Å². The predicted octanol–water partition coefficient (Wildman–Crippen LogP) is 0.676. The van der Waals surface area contributed by atoms with Gasteiger partial charge in [0.05, 0.1) is 0 Å². The van der Waals surface area contributed by atoms with Crippen LogP contribution in [0.1, 0.15) is 12.0 Å². The molecular formula is C13H20N2O2Sn. The quantitative estimate of drug-likeness (QED) is 0.794. The molecule has 1 atom stereocenters. The first kappa shape index (κ1) is 13.8. The van der Waals surface area contributed by atoms with Crippen molar-refractivity contribution in [2.24, 2.45) is 0 Å². The van der Waals surface area contributed by atoms with Crippen molar-refractivity contribution in [1.29, 1.82) is 0 Å². The number of aromatic nitrogens is 1. The fourth-order valence-electron chi connectivity index (χ4n) is 2.22. The molecule has 1 aromatic heterocycles. The third-order valence-electron chi connectivity index (χ3n) is 3.52. The summed E-state index contributed by atoms with van der Waals surface area (Å²) in [6, 6.07) is 3.70. The number of likely N-dealkylation sites (N-methyl/N-ethyl adjacent to an activating group) is 1. The molecule has 2 heterocycles. The molecule has 1 aromatic rings. The van der Waals surface area contributed by atoms with Crippen molar-refractivity contribution in [3.8, 4) is 0 Å². The van der Waals surface area contributed by atoms with Gasteiger partial charge in [-0.1, -0.05) is 0 Å². The molecule has 1 fully saturated rings. The van der Waals surface area contributed by atoms with Gasteiger partial charge in [-0.2, -0.15) is 0 Å². The van der Waals surface area contributed by atoms with Gasteiger partial charge in [0, 0.05) is 0 Å². The SMILES string of the molecule is CN1CCC(O)(c2ccn[c]([Sn]([CH3])([CH3])[CH3])c2)C1=O. The molecule has 0 aromatic carbocycles. The normalized spacial score (nSPS) is 24.7. The van der Waals surface area contributed by atoms with Gasteiger partial charge in [-0.05, 0) is 0 Å². The van der Waals surface area contributed by atoms with E-state index in [1.807, 2.05) is 6.07 Å². The van der Waals surface area contributed by atoms with Crippen molar-refractivity contribution in [1.82, 2.24) is 9.88 Å². The number of rotatable bonds is 2. The molecule has 5 heteroatoms. The van der Waals surface area contributed by atoms with E-state index in [9.17, 15) is 9.90 Å². The molecule has 98 valence electrons. The van der Waals surface area contributed by atoms with Crippen LogP contribution in [0.4, 0.5) is 0 Å². The molecule has 1 aliphatic rings. The molecule has 0 radical (unpaired) electrons. The van der Waals surface area contributed by atoms with Gasteiger partial charge >= 0.3 is 112 Å². The van der Waals surface area contributed by atoms with Crippen molar-refractivity contribution in [2.75, 3.05) is 13.6 Å². The van der Waals surface area contributed by atoms with Crippen LogP contribution < -0.4 is 3.71 Å². The minimum atomic E-state index is -2.27. The number of carbonyl (C=O) groups is 1. The minimum absolute atomic E-state index is 0.205. The summed E-state index contributed by atoms with van der Waals surface area (Å²) in [6.45, 7) is 0.603. The van der Waals surface area contributed by atoms with E-state index in [0.29, 0.717) is 18.5 Å². The maximum absolute atomic E-state index is 12.1. The fraction of sp³-hybridized carbons (Fsp3) is 0.538. The van der Waals surface area contributed by atoms with Crippen molar-refractivity contribution >= 4 is 28.0 Å². The third kappa shape index (κ3) is 2.28. The van der Waals surface area contributed by atoms with Crippen LogP contribution in [-0.2, 0) is 10.4 Å². The van der Waals surface area contributed by atoms with E-state index in [0.717, 1.165) is 3.71 Å². The number of nitrogens with zero attached hydrogens (tertiary/aromatic N) is 2. The van der Waals surface area contributed by atoms with Crippen LogP contribution in [0.5, 0.6) is 0 Å². The number of amides is 1. The third-order valence-corrected chi connectivity index (χ3v) is 8.68. The van der Waals surface area contributed by atoms with Gasteiger partial charge in [-0.3, -0.25) is 0 Å². The Morgan fingerprint density at radius 3 is 2.61 bits per heavy atom. The molecule has 18 heavy (non-hydrogen) atoms. The molecule has 1 unspecified atom stereocenters. The molecule has 4 nitrogen and oxygen atoms in total. The zero-order valence-electron chi connectivity index (χ0n) is 11.4. The van der Waals surface area contributed by atoms with E-state index in [1.165, 1.54) is 0 Å². The Labute approximate surface area is 112 Å². The molecule has 1 N–H and O–H groups in total. The first-order valence-corrected chi connectivity index (χ1v) is 16.2. The zero-order valence-corrected chi connectivity index (χ0v) is 14.3. The Balaban J connectivity index is 2.43. The standard InChI is InChI=1S/C10H11N2O2.3CH3.Sn/c1-12-7-4-10(14,9(12)13)8-2-5-11-6-3-8;;;;/h2-3,5,14H,4,7H2,1H3;3*1H3;. The molecule has 0 bridgehead atoms. The average molecular weight is 355 g/mol. The van der Waals surface area contributed by atoms with Gasteiger partial charge in [0.15, 0.2) is 0 Å². The number of pyridine rings is 1. The second-order valence-corrected chi connectivity index (χ2v) is 20.3. The first-order valence-electron chi connectivity index (χ1n) is 6.20. The summed E-state index contributed by atoms with van der Waals surface area (Å²) in [5.41, 5.74) is -0.641. The van der Waals surface area contributed by atoms with Gasteiger partial charge in [-0.25, -0.2) is 0 Å². The summed E-state index contributed by atoms with van der Waals surface area (Å²) < 4.78 is 1.09. The number of likely N-dealkylation sites (tertiary alicyclic amines) is 1. The number of aliphatic hydroxyl groups is 1. The van der Waals surface area contributed by atoms with Crippen LogP contribution >= 0.6 is 0 Å². The topological polar surface area (TPSA) is 53.4 Å². The molecular weight excluding hydrogens is 335 g/mol. The summed E-state index contributed by atoms with van der Waals surface area (Å²) in [5, 5.41) is 10.6. The second kappa shape index (κ2) is 4.49. The summed E-state index contributed by atoms with van der Waals surface area (Å²) in [7, 11) is 1.73. The van der Waals surface area contributed by atoms with Gasteiger partial charge in [0.2, 0.25) is 0 Å². The summed E-state index contributed by atoms with van der Waals surface area (Å²) in [4.78, 5) is 24.9. The summed E-state index contributed by atoms with van der Waals surface area (Å²) in [6.07, 6.45) is 2.18. The van der Waals surface area contributed by atoms with Gasteiger partial charge in [0.1, 0.15) is 0 Å². The molecule has 0 spiro atoms. The molecule has 1 aliphatic heterocycles. The van der Waals surface area contributed by atoms with Crippen molar-refractivity contribution in [2.45, 2.75) is 26.8 Å². The predicted molar refractivity (Wildman–Crippen MR) is 73.4 cm³/mol. The van der Waals surface area contributed by atoms with E-state index >= 15 is 0 Å². The Bertz CT molecular complexity index is 484. The summed E-state index contributed by atoms with van der Waals surface area (Å²) >= 11 is -2.27. The van der Waals surface area contributed by atoms with Crippen LogP contribution in [0, 0.1) is 0 Å². The van der Waals surface area contributed by atoms with Crippen molar-refractivity contribution < 1.29 is 9.90 Å². The Morgan fingerprint density at radius 1 is 1.44 bits per heavy atom. The van der Waals surface area contributed by atoms with Crippen LogP contribution in [-0.4, -0.2) is 52.9 Å². The molecule has 1 amide bonds. The molecule has 1 saturated heterocycles. The van der Waals surface area contributed by atoms with Crippen molar-refractivity contribution in [3.05, 3.63) is 23.9 Å². The number of carbonyl (C=O) groups excluding carboxylic acids is 1. The molecule has 0 saturated carbocycles. The van der Waals surface area contributed by atoms with E-state index in [1.54, 1.807) is 24.2 Å².